The van der Waals surface area contributed by atoms with Crippen molar-refractivity contribution < 1.29 is 4.39 Å². The first kappa shape index (κ1) is 13.8. The lowest BCUT2D eigenvalue weighted by Gasteiger charge is -2.10. The summed E-state index contributed by atoms with van der Waals surface area (Å²) >= 11 is 6.01. The summed E-state index contributed by atoms with van der Waals surface area (Å²) in [4.78, 5) is 8.47. The average molecular weight is 325 g/mol. The van der Waals surface area contributed by atoms with Crippen molar-refractivity contribution in [2.24, 2.45) is 0 Å². The van der Waals surface area contributed by atoms with Gasteiger partial charge in [0, 0.05) is 34.1 Å². The van der Waals surface area contributed by atoms with Gasteiger partial charge in [-0.25, -0.2) is 13.9 Å². The molecule has 0 N–H and O–H groups in total. The molecule has 0 fully saturated rings. The van der Waals surface area contributed by atoms with Crippen LogP contribution in [0.2, 0.25) is 5.02 Å². The maximum absolute atomic E-state index is 14.2. The van der Waals surface area contributed by atoms with E-state index in [9.17, 15) is 4.39 Å². The van der Waals surface area contributed by atoms with Gasteiger partial charge in [-0.15, -0.1) is 0 Å². The van der Waals surface area contributed by atoms with Crippen molar-refractivity contribution in [3.05, 3.63) is 72.0 Å². The fraction of sp³-hybridized carbons (Fsp3) is 0. The van der Waals surface area contributed by atoms with Gasteiger partial charge in [-0.2, -0.15) is 5.10 Å². The molecule has 23 heavy (non-hydrogen) atoms. The number of rotatable bonds is 2. The van der Waals surface area contributed by atoms with E-state index >= 15 is 0 Å². The van der Waals surface area contributed by atoms with E-state index in [0.717, 1.165) is 16.8 Å². The van der Waals surface area contributed by atoms with Crippen LogP contribution in [-0.4, -0.2) is 19.6 Å². The van der Waals surface area contributed by atoms with Gasteiger partial charge >= 0.3 is 0 Å². The van der Waals surface area contributed by atoms with Crippen molar-refractivity contribution in [2.75, 3.05) is 0 Å². The van der Waals surface area contributed by atoms with Crippen molar-refractivity contribution in [1.29, 1.82) is 0 Å². The molecule has 4 rings (SSSR count). The highest BCUT2D eigenvalue weighted by Gasteiger charge is 2.14. The quantitative estimate of drug-likeness (QED) is 0.553. The Morgan fingerprint density at radius 1 is 1.00 bits per heavy atom. The van der Waals surface area contributed by atoms with Crippen molar-refractivity contribution >= 4 is 17.2 Å². The Morgan fingerprint density at radius 3 is 2.83 bits per heavy atom. The number of aromatic nitrogens is 4. The molecule has 4 nitrogen and oxygen atoms in total. The van der Waals surface area contributed by atoms with Crippen molar-refractivity contribution in [2.45, 2.75) is 0 Å². The minimum absolute atomic E-state index is 0.365. The van der Waals surface area contributed by atoms with Gasteiger partial charge in [0.05, 0.1) is 5.69 Å². The molecule has 112 valence electrons. The van der Waals surface area contributed by atoms with Crippen LogP contribution in [0.4, 0.5) is 4.39 Å². The van der Waals surface area contributed by atoms with Crippen LogP contribution in [0, 0.1) is 5.82 Å². The van der Waals surface area contributed by atoms with E-state index in [4.69, 9.17) is 11.6 Å². The van der Waals surface area contributed by atoms with Gasteiger partial charge in [0.15, 0.2) is 5.65 Å². The monoisotopic (exact) mass is 324 g/mol. The lowest BCUT2D eigenvalue weighted by molar-refractivity contribution is 0.631. The second-order valence-corrected chi connectivity index (χ2v) is 5.44. The fourth-order valence-electron chi connectivity index (χ4n) is 2.51. The third-order valence-electron chi connectivity index (χ3n) is 3.58. The molecule has 0 unspecified atom stereocenters. The van der Waals surface area contributed by atoms with E-state index in [1.165, 1.54) is 18.5 Å². The molecular weight excluding hydrogens is 315 g/mol. The van der Waals surface area contributed by atoms with Crippen LogP contribution in [0.1, 0.15) is 0 Å². The average Bonchev–Trinajstić information content (AvgIpc) is 3.05. The molecule has 0 saturated heterocycles. The Bertz CT molecular complexity index is 1010. The van der Waals surface area contributed by atoms with E-state index in [1.54, 1.807) is 16.8 Å². The first-order valence-electron chi connectivity index (χ1n) is 6.92. The Morgan fingerprint density at radius 2 is 1.91 bits per heavy atom. The number of pyridine rings is 2. The number of fused-ring (bicyclic) bond motifs is 1. The predicted octanol–water partition coefficient (Wildman–Crippen LogP) is 4.25. The molecule has 0 aliphatic carbocycles. The molecule has 0 radical (unpaired) electrons. The fourth-order valence-corrected chi connectivity index (χ4v) is 2.68. The van der Waals surface area contributed by atoms with Crippen LogP contribution in [0.15, 0.2) is 61.2 Å². The van der Waals surface area contributed by atoms with Gasteiger partial charge in [0.1, 0.15) is 12.1 Å². The van der Waals surface area contributed by atoms with Gasteiger partial charge in [0.25, 0.3) is 0 Å². The van der Waals surface area contributed by atoms with Gasteiger partial charge in [0.2, 0.25) is 0 Å². The van der Waals surface area contributed by atoms with E-state index in [-0.39, 0.29) is 5.82 Å². The van der Waals surface area contributed by atoms with Gasteiger partial charge in [-0.1, -0.05) is 17.7 Å². The third kappa shape index (κ3) is 2.45. The smallest absolute Gasteiger partial charge is 0.155 e. The Hall–Kier alpha value is -2.79. The highest BCUT2D eigenvalue weighted by Crippen LogP contribution is 2.33. The Labute approximate surface area is 136 Å². The van der Waals surface area contributed by atoms with Crippen LogP contribution in [0.3, 0.4) is 0 Å². The summed E-state index contributed by atoms with van der Waals surface area (Å²) in [5.41, 5.74) is 3.31. The SMILES string of the molecule is Fc1ccc(Cl)cc1-c1ncccc1-c1ccc2ncnn2c1. The molecular formula is C17H10ClFN4. The largest absolute Gasteiger partial charge is 0.255 e. The molecule has 0 bridgehead atoms. The normalized spacial score (nSPS) is 11.0. The Kier molecular flexibility index (Phi) is 3.28. The van der Waals surface area contributed by atoms with Gasteiger partial charge in [-0.05, 0) is 36.4 Å². The Balaban J connectivity index is 1.94. The zero-order valence-electron chi connectivity index (χ0n) is 11.8. The molecule has 4 aromatic rings. The van der Waals surface area contributed by atoms with E-state index in [0.29, 0.717) is 16.3 Å². The third-order valence-corrected chi connectivity index (χ3v) is 3.81. The van der Waals surface area contributed by atoms with Crippen molar-refractivity contribution in [1.82, 2.24) is 19.6 Å². The second kappa shape index (κ2) is 5.44. The minimum Gasteiger partial charge on any atom is -0.255 e. The summed E-state index contributed by atoms with van der Waals surface area (Å²) in [5.74, 6) is -0.365. The zero-order chi connectivity index (χ0) is 15.8. The molecule has 0 saturated carbocycles. The molecule has 3 heterocycles. The highest BCUT2D eigenvalue weighted by atomic mass is 35.5. The summed E-state index contributed by atoms with van der Waals surface area (Å²) in [6, 6.07) is 11.9. The lowest BCUT2D eigenvalue weighted by atomic mass is 10.0. The first-order chi connectivity index (χ1) is 11.2. The predicted molar refractivity (Wildman–Crippen MR) is 86.6 cm³/mol. The number of nitrogens with zero attached hydrogens (tertiary/aromatic N) is 4. The number of hydrogen-bond donors (Lipinski definition) is 0. The molecule has 0 aliphatic heterocycles. The van der Waals surface area contributed by atoms with E-state index in [2.05, 4.69) is 15.1 Å². The maximum Gasteiger partial charge on any atom is 0.155 e. The van der Waals surface area contributed by atoms with Gasteiger partial charge in [-0.3, -0.25) is 4.98 Å². The second-order valence-electron chi connectivity index (χ2n) is 5.00. The standard InChI is InChI=1S/C17H10ClFN4/c18-12-4-5-15(19)14(8-12)17-13(2-1-7-20-17)11-3-6-16-21-10-22-23(16)9-11/h1-10H. The highest BCUT2D eigenvalue weighted by molar-refractivity contribution is 6.30. The summed E-state index contributed by atoms with van der Waals surface area (Å²) in [5, 5.41) is 4.59. The molecule has 1 aromatic carbocycles. The molecule has 3 aromatic heterocycles. The summed E-state index contributed by atoms with van der Waals surface area (Å²) in [6.07, 6.45) is 4.96. The van der Waals surface area contributed by atoms with Crippen LogP contribution in [0.5, 0.6) is 0 Å². The van der Waals surface area contributed by atoms with Crippen LogP contribution in [0.25, 0.3) is 28.0 Å². The number of halogens is 2. The van der Waals surface area contributed by atoms with Crippen LogP contribution >= 0.6 is 11.6 Å². The van der Waals surface area contributed by atoms with E-state index in [1.807, 2.05) is 30.5 Å². The van der Waals surface area contributed by atoms with E-state index < -0.39 is 0 Å². The number of hydrogen-bond acceptors (Lipinski definition) is 3. The molecule has 0 amide bonds. The molecule has 0 aliphatic rings. The maximum atomic E-state index is 14.2. The van der Waals surface area contributed by atoms with Crippen molar-refractivity contribution in [3.63, 3.8) is 0 Å². The van der Waals surface area contributed by atoms with Crippen molar-refractivity contribution in [3.8, 4) is 22.4 Å². The van der Waals surface area contributed by atoms with Gasteiger partial charge < -0.3 is 0 Å². The number of benzene rings is 1. The minimum atomic E-state index is -0.365. The lowest BCUT2D eigenvalue weighted by Crippen LogP contribution is -1.94. The summed E-state index contributed by atoms with van der Waals surface area (Å²) < 4.78 is 15.9. The molecule has 0 atom stereocenters. The summed E-state index contributed by atoms with van der Waals surface area (Å²) in [7, 11) is 0. The molecule has 6 heteroatoms. The van der Waals surface area contributed by atoms with Crippen LogP contribution < -0.4 is 0 Å². The summed E-state index contributed by atoms with van der Waals surface area (Å²) in [6.45, 7) is 0. The molecule has 0 spiro atoms. The topological polar surface area (TPSA) is 43.1 Å². The van der Waals surface area contributed by atoms with Crippen LogP contribution in [-0.2, 0) is 0 Å². The zero-order valence-corrected chi connectivity index (χ0v) is 12.6. The first-order valence-corrected chi connectivity index (χ1v) is 7.30.